The van der Waals surface area contributed by atoms with Gasteiger partial charge in [-0.05, 0) is 31.0 Å². The molecule has 0 spiro atoms. The van der Waals surface area contributed by atoms with Crippen LogP contribution in [0, 0.1) is 5.82 Å². The van der Waals surface area contributed by atoms with Gasteiger partial charge in [0.25, 0.3) is 0 Å². The molecule has 0 atom stereocenters. The van der Waals surface area contributed by atoms with Gasteiger partial charge in [0.1, 0.15) is 11.6 Å². The molecule has 14 heavy (non-hydrogen) atoms. The molecule has 1 fully saturated rings. The summed E-state index contributed by atoms with van der Waals surface area (Å²) in [6, 6.07) is 4.59. The Labute approximate surface area is 82.8 Å². The highest BCUT2D eigenvalue weighted by atomic mass is 19.1. The Hall–Kier alpha value is -1.09. The van der Waals surface area contributed by atoms with Gasteiger partial charge < -0.3 is 10.4 Å². The zero-order valence-electron chi connectivity index (χ0n) is 7.96. The summed E-state index contributed by atoms with van der Waals surface area (Å²) in [5.41, 5.74) is 0.636. The first-order valence-corrected chi connectivity index (χ1v) is 4.96. The molecule has 0 saturated heterocycles. The highest BCUT2D eigenvalue weighted by Crippen LogP contribution is 2.21. The number of rotatable bonds is 3. The summed E-state index contributed by atoms with van der Waals surface area (Å²) >= 11 is 0. The average molecular weight is 195 g/mol. The van der Waals surface area contributed by atoms with Crippen LogP contribution in [0.15, 0.2) is 18.2 Å². The van der Waals surface area contributed by atoms with Crippen LogP contribution >= 0.6 is 0 Å². The molecule has 0 aromatic heterocycles. The van der Waals surface area contributed by atoms with Crippen molar-refractivity contribution in [2.75, 3.05) is 0 Å². The third kappa shape index (κ3) is 2.04. The molecule has 1 aromatic rings. The van der Waals surface area contributed by atoms with Crippen molar-refractivity contribution < 1.29 is 9.50 Å². The maximum absolute atomic E-state index is 12.8. The van der Waals surface area contributed by atoms with Gasteiger partial charge in [-0.3, -0.25) is 0 Å². The molecule has 0 heterocycles. The van der Waals surface area contributed by atoms with Gasteiger partial charge in [-0.1, -0.05) is 6.42 Å². The summed E-state index contributed by atoms with van der Waals surface area (Å²) in [4.78, 5) is 0. The highest BCUT2D eigenvalue weighted by molar-refractivity contribution is 5.32. The van der Waals surface area contributed by atoms with E-state index < -0.39 is 0 Å². The number of hydrogen-bond acceptors (Lipinski definition) is 2. The van der Waals surface area contributed by atoms with Gasteiger partial charge in [-0.2, -0.15) is 0 Å². The van der Waals surface area contributed by atoms with Crippen molar-refractivity contribution in [2.45, 2.75) is 31.8 Å². The second kappa shape index (κ2) is 3.96. The number of phenolic OH excluding ortho intramolecular Hbond substituents is 1. The monoisotopic (exact) mass is 195 g/mol. The summed E-state index contributed by atoms with van der Waals surface area (Å²) in [5, 5.41) is 12.7. The van der Waals surface area contributed by atoms with E-state index in [2.05, 4.69) is 5.32 Å². The first-order chi connectivity index (χ1) is 6.75. The number of hydrogen-bond donors (Lipinski definition) is 2. The van der Waals surface area contributed by atoms with Crippen molar-refractivity contribution in [3.8, 4) is 5.75 Å². The Kier molecular flexibility index (Phi) is 2.68. The van der Waals surface area contributed by atoms with Crippen LogP contribution in [0.2, 0.25) is 0 Å². The molecule has 1 saturated carbocycles. The summed E-state index contributed by atoms with van der Waals surface area (Å²) in [6.45, 7) is 0.550. The SMILES string of the molecule is Oc1ccc(F)cc1CNC1CCC1. The third-order valence-electron chi connectivity index (χ3n) is 2.73. The lowest BCUT2D eigenvalue weighted by Crippen LogP contribution is -2.34. The van der Waals surface area contributed by atoms with Crippen LogP contribution in [-0.2, 0) is 6.54 Å². The highest BCUT2D eigenvalue weighted by Gasteiger charge is 2.16. The topological polar surface area (TPSA) is 32.3 Å². The lowest BCUT2D eigenvalue weighted by Gasteiger charge is -2.26. The molecule has 76 valence electrons. The van der Waals surface area contributed by atoms with E-state index in [9.17, 15) is 9.50 Å². The lowest BCUT2D eigenvalue weighted by molar-refractivity contribution is 0.335. The van der Waals surface area contributed by atoms with Crippen LogP contribution in [-0.4, -0.2) is 11.1 Å². The first kappa shape index (κ1) is 9.46. The molecule has 1 aliphatic rings. The van der Waals surface area contributed by atoms with Gasteiger partial charge in [0, 0.05) is 18.2 Å². The first-order valence-electron chi connectivity index (χ1n) is 4.96. The largest absolute Gasteiger partial charge is 0.508 e. The maximum atomic E-state index is 12.8. The van der Waals surface area contributed by atoms with Gasteiger partial charge in [0.15, 0.2) is 0 Å². The van der Waals surface area contributed by atoms with E-state index in [-0.39, 0.29) is 11.6 Å². The third-order valence-corrected chi connectivity index (χ3v) is 2.73. The van der Waals surface area contributed by atoms with Crippen molar-refractivity contribution >= 4 is 0 Å². The Bertz CT molecular complexity index is 323. The molecule has 2 rings (SSSR count). The van der Waals surface area contributed by atoms with Crippen molar-refractivity contribution in [1.82, 2.24) is 5.32 Å². The van der Waals surface area contributed by atoms with Crippen LogP contribution in [0.5, 0.6) is 5.75 Å². The van der Waals surface area contributed by atoms with Crippen molar-refractivity contribution in [1.29, 1.82) is 0 Å². The Morgan fingerprint density at radius 3 is 2.86 bits per heavy atom. The van der Waals surface area contributed by atoms with Crippen LogP contribution in [0.3, 0.4) is 0 Å². The lowest BCUT2D eigenvalue weighted by atomic mass is 9.93. The quantitative estimate of drug-likeness (QED) is 0.774. The fourth-order valence-corrected chi connectivity index (χ4v) is 1.56. The zero-order valence-corrected chi connectivity index (χ0v) is 7.96. The molecular formula is C11H14FNO. The van der Waals surface area contributed by atoms with Crippen LogP contribution in [0.1, 0.15) is 24.8 Å². The Morgan fingerprint density at radius 2 is 2.21 bits per heavy atom. The van der Waals surface area contributed by atoms with E-state index in [0.717, 1.165) is 0 Å². The van der Waals surface area contributed by atoms with E-state index in [4.69, 9.17) is 0 Å². The summed E-state index contributed by atoms with van der Waals surface area (Å²) in [6.07, 6.45) is 3.65. The number of phenols is 1. The molecule has 0 amide bonds. The van der Waals surface area contributed by atoms with E-state index >= 15 is 0 Å². The van der Waals surface area contributed by atoms with Crippen LogP contribution < -0.4 is 5.32 Å². The van der Waals surface area contributed by atoms with E-state index in [0.29, 0.717) is 18.2 Å². The van der Waals surface area contributed by atoms with Crippen molar-refractivity contribution in [3.63, 3.8) is 0 Å². The Morgan fingerprint density at radius 1 is 1.43 bits per heavy atom. The van der Waals surface area contributed by atoms with E-state index in [1.165, 1.54) is 37.5 Å². The Balaban J connectivity index is 1.96. The molecule has 0 aliphatic heterocycles. The molecular weight excluding hydrogens is 181 g/mol. The second-order valence-electron chi connectivity index (χ2n) is 3.78. The fraction of sp³-hybridized carbons (Fsp3) is 0.455. The molecule has 1 aliphatic carbocycles. The standard InChI is InChI=1S/C11H14FNO/c12-9-4-5-11(14)8(6-9)7-13-10-2-1-3-10/h4-6,10,13-14H,1-3,7H2. The normalized spacial score (nSPS) is 16.6. The van der Waals surface area contributed by atoms with E-state index in [1.807, 2.05) is 0 Å². The minimum atomic E-state index is -0.298. The molecule has 2 nitrogen and oxygen atoms in total. The summed E-state index contributed by atoms with van der Waals surface area (Å²) < 4.78 is 12.8. The molecule has 3 heteroatoms. The molecule has 1 aromatic carbocycles. The minimum absolute atomic E-state index is 0.165. The van der Waals surface area contributed by atoms with Gasteiger partial charge in [0.2, 0.25) is 0 Å². The number of halogens is 1. The summed E-state index contributed by atoms with van der Waals surface area (Å²) in [7, 11) is 0. The molecule has 0 radical (unpaired) electrons. The van der Waals surface area contributed by atoms with Crippen molar-refractivity contribution in [3.05, 3.63) is 29.6 Å². The van der Waals surface area contributed by atoms with Gasteiger partial charge in [-0.25, -0.2) is 4.39 Å². The van der Waals surface area contributed by atoms with Gasteiger partial charge in [0.05, 0.1) is 0 Å². The minimum Gasteiger partial charge on any atom is -0.508 e. The predicted molar refractivity (Wildman–Crippen MR) is 52.5 cm³/mol. The molecule has 2 N–H and O–H groups in total. The number of aromatic hydroxyl groups is 1. The molecule has 0 unspecified atom stereocenters. The molecule has 0 bridgehead atoms. The smallest absolute Gasteiger partial charge is 0.123 e. The van der Waals surface area contributed by atoms with E-state index in [1.54, 1.807) is 0 Å². The van der Waals surface area contributed by atoms with Gasteiger partial charge in [-0.15, -0.1) is 0 Å². The van der Waals surface area contributed by atoms with Crippen LogP contribution in [0.25, 0.3) is 0 Å². The average Bonchev–Trinajstić information content (AvgIpc) is 2.08. The summed E-state index contributed by atoms with van der Waals surface area (Å²) in [5.74, 6) is -0.133. The zero-order chi connectivity index (χ0) is 9.97. The maximum Gasteiger partial charge on any atom is 0.123 e. The second-order valence-corrected chi connectivity index (χ2v) is 3.78. The predicted octanol–water partition coefficient (Wildman–Crippen LogP) is 2.17. The number of benzene rings is 1. The fourth-order valence-electron chi connectivity index (χ4n) is 1.56. The number of nitrogens with one attached hydrogen (secondary N) is 1. The van der Waals surface area contributed by atoms with Gasteiger partial charge >= 0.3 is 0 Å². The van der Waals surface area contributed by atoms with Crippen molar-refractivity contribution in [2.24, 2.45) is 0 Å². The van der Waals surface area contributed by atoms with Crippen LogP contribution in [0.4, 0.5) is 4.39 Å².